The topological polar surface area (TPSA) is 106 Å². The van der Waals surface area contributed by atoms with Crippen molar-refractivity contribution in [2.45, 2.75) is 13.5 Å². The molecule has 0 spiro atoms. The zero-order valence-electron chi connectivity index (χ0n) is 20.1. The van der Waals surface area contributed by atoms with E-state index in [4.69, 9.17) is 0 Å². The Morgan fingerprint density at radius 1 is 1.06 bits per heavy atom. The van der Waals surface area contributed by atoms with Gasteiger partial charge in [0.05, 0.1) is 11.9 Å². The Hall–Kier alpha value is -3.54. The van der Waals surface area contributed by atoms with E-state index in [1.807, 2.05) is 37.3 Å². The first-order valence-electron chi connectivity index (χ1n) is 11.7. The minimum Gasteiger partial charge on any atom is -0.359 e. The van der Waals surface area contributed by atoms with Crippen LogP contribution in [0.1, 0.15) is 11.3 Å². The molecule has 0 amide bonds. The van der Waals surface area contributed by atoms with Crippen molar-refractivity contribution in [1.29, 1.82) is 0 Å². The Bertz CT molecular complexity index is 1500. The number of piperazine rings is 1. The zero-order chi connectivity index (χ0) is 25.3. The van der Waals surface area contributed by atoms with Gasteiger partial charge in [0.1, 0.15) is 5.82 Å². The minimum absolute atomic E-state index is 0.337. The van der Waals surface area contributed by atoms with E-state index in [-0.39, 0.29) is 5.82 Å². The average molecular weight is 510 g/mol. The predicted octanol–water partition coefficient (Wildman–Crippen LogP) is 3.97. The summed E-state index contributed by atoms with van der Waals surface area (Å²) in [6, 6.07) is 14.9. The second-order valence-electron chi connectivity index (χ2n) is 8.99. The Morgan fingerprint density at radius 2 is 1.86 bits per heavy atom. The number of benzene rings is 2. The Labute approximate surface area is 209 Å². The Kier molecular flexibility index (Phi) is 6.61. The number of sulfonamides is 1. The fraction of sp³-hybridized carbons (Fsp3) is 0.280. The van der Waals surface area contributed by atoms with Crippen LogP contribution in [0.2, 0.25) is 0 Å². The number of H-pyrrole nitrogens is 1. The molecule has 0 radical (unpaired) electrons. The summed E-state index contributed by atoms with van der Waals surface area (Å²) >= 11 is 0. The number of rotatable bonds is 7. The lowest BCUT2D eigenvalue weighted by Gasteiger charge is -2.33. The summed E-state index contributed by atoms with van der Waals surface area (Å²) in [5.41, 5.74) is 3.91. The van der Waals surface area contributed by atoms with Gasteiger partial charge < -0.3 is 15.6 Å². The van der Waals surface area contributed by atoms with Gasteiger partial charge in [-0.1, -0.05) is 12.1 Å². The van der Waals surface area contributed by atoms with E-state index in [1.165, 1.54) is 10.6 Å². The van der Waals surface area contributed by atoms with Crippen LogP contribution in [-0.4, -0.2) is 65.0 Å². The third kappa shape index (κ3) is 5.48. The first-order chi connectivity index (χ1) is 17.2. The van der Waals surface area contributed by atoms with Crippen LogP contribution in [0.15, 0.2) is 54.7 Å². The van der Waals surface area contributed by atoms with E-state index in [2.05, 4.69) is 30.5 Å². The maximum atomic E-state index is 15.0. The molecule has 2 aromatic heterocycles. The van der Waals surface area contributed by atoms with Gasteiger partial charge in [0, 0.05) is 61.2 Å². The molecule has 0 aliphatic carbocycles. The fourth-order valence-electron chi connectivity index (χ4n) is 4.39. The Morgan fingerprint density at radius 3 is 2.64 bits per heavy atom. The average Bonchev–Trinajstić information content (AvgIpc) is 3.22. The summed E-state index contributed by atoms with van der Waals surface area (Å²) in [7, 11) is -3.14. The van der Waals surface area contributed by atoms with Gasteiger partial charge in [-0.2, -0.15) is 9.29 Å². The fourth-order valence-corrected chi connectivity index (χ4v) is 5.21. The van der Waals surface area contributed by atoms with Crippen LogP contribution in [0.25, 0.3) is 10.9 Å². The number of nitrogens with one attached hydrogen (secondary N) is 3. The molecule has 188 valence electrons. The summed E-state index contributed by atoms with van der Waals surface area (Å²) in [5.74, 6) is 0.519. The van der Waals surface area contributed by atoms with Crippen molar-refractivity contribution in [3.8, 4) is 0 Å². The Balaban J connectivity index is 1.25. The van der Waals surface area contributed by atoms with Crippen LogP contribution in [0.4, 0.5) is 27.5 Å². The molecule has 1 aliphatic rings. The first kappa shape index (κ1) is 24.2. The van der Waals surface area contributed by atoms with Crippen molar-refractivity contribution in [1.82, 2.24) is 24.2 Å². The van der Waals surface area contributed by atoms with Crippen LogP contribution >= 0.6 is 0 Å². The summed E-state index contributed by atoms with van der Waals surface area (Å²) in [5, 5.41) is 6.79. The molecule has 1 aliphatic heterocycles. The number of nitrogens with zero attached hydrogens (tertiary/aromatic N) is 4. The van der Waals surface area contributed by atoms with Gasteiger partial charge in [0.2, 0.25) is 16.0 Å². The second-order valence-corrected chi connectivity index (χ2v) is 11.0. The molecule has 0 bridgehead atoms. The number of hydrogen-bond acceptors (Lipinski definition) is 7. The van der Waals surface area contributed by atoms with Crippen molar-refractivity contribution in [3.05, 3.63) is 71.8 Å². The molecular weight excluding hydrogens is 481 g/mol. The summed E-state index contributed by atoms with van der Waals surface area (Å²) in [6.45, 7) is 4.99. The van der Waals surface area contributed by atoms with Crippen molar-refractivity contribution in [2.75, 3.05) is 43.1 Å². The molecule has 9 nitrogen and oxygen atoms in total. The minimum atomic E-state index is -3.14. The van der Waals surface area contributed by atoms with Gasteiger partial charge in [-0.3, -0.25) is 4.90 Å². The van der Waals surface area contributed by atoms with Crippen LogP contribution in [-0.2, 0) is 16.6 Å². The molecule has 1 saturated heterocycles. The monoisotopic (exact) mass is 509 g/mol. The lowest BCUT2D eigenvalue weighted by Crippen LogP contribution is -2.47. The summed E-state index contributed by atoms with van der Waals surface area (Å²) in [4.78, 5) is 14.1. The third-order valence-electron chi connectivity index (χ3n) is 6.18. The zero-order valence-corrected chi connectivity index (χ0v) is 20.9. The van der Waals surface area contributed by atoms with Gasteiger partial charge in [0.15, 0.2) is 5.82 Å². The summed E-state index contributed by atoms with van der Waals surface area (Å²) in [6.07, 6.45) is 2.86. The van der Waals surface area contributed by atoms with Gasteiger partial charge in [-0.05, 0) is 48.9 Å². The van der Waals surface area contributed by atoms with Crippen molar-refractivity contribution >= 4 is 44.1 Å². The highest BCUT2D eigenvalue weighted by molar-refractivity contribution is 7.88. The van der Waals surface area contributed by atoms with Gasteiger partial charge >= 0.3 is 0 Å². The highest BCUT2D eigenvalue weighted by Gasteiger charge is 2.23. The molecule has 2 aromatic carbocycles. The van der Waals surface area contributed by atoms with Crippen LogP contribution in [0.5, 0.6) is 0 Å². The lowest BCUT2D eigenvalue weighted by atomic mass is 10.2. The number of aromatic nitrogens is 3. The third-order valence-corrected chi connectivity index (χ3v) is 7.48. The molecule has 0 atom stereocenters. The molecule has 1 fully saturated rings. The highest BCUT2D eigenvalue weighted by atomic mass is 32.2. The van der Waals surface area contributed by atoms with E-state index in [1.54, 1.807) is 24.4 Å². The maximum absolute atomic E-state index is 15.0. The van der Waals surface area contributed by atoms with Crippen molar-refractivity contribution < 1.29 is 12.8 Å². The molecular formula is C25H28FN7O2S. The van der Waals surface area contributed by atoms with E-state index < -0.39 is 10.0 Å². The largest absolute Gasteiger partial charge is 0.359 e. The molecule has 11 heteroatoms. The lowest BCUT2D eigenvalue weighted by molar-refractivity contribution is 0.182. The number of halogens is 1. The number of aryl methyl sites for hydroxylation is 1. The van der Waals surface area contributed by atoms with E-state index in [9.17, 15) is 12.8 Å². The molecule has 3 heterocycles. The van der Waals surface area contributed by atoms with Crippen molar-refractivity contribution in [2.24, 2.45) is 0 Å². The second kappa shape index (κ2) is 9.84. The SMILES string of the molecule is Cc1cc2c(F)c(Nc3ccnc(Nc4cccc(CN5CCN(S(C)(=O)=O)CC5)c4)n3)ccc2[nH]1. The van der Waals surface area contributed by atoms with Crippen LogP contribution in [0.3, 0.4) is 0 Å². The van der Waals surface area contributed by atoms with Crippen LogP contribution < -0.4 is 10.6 Å². The van der Waals surface area contributed by atoms with Gasteiger partial charge in [0.25, 0.3) is 0 Å². The molecule has 0 unspecified atom stereocenters. The normalized spacial score (nSPS) is 15.3. The number of anilines is 4. The van der Waals surface area contributed by atoms with Crippen molar-refractivity contribution in [3.63, 3.8) is 0 Å². The number of hydrogen-bond donors (Lipinski definition) is 3. The predicted molar refractivity (Wildman–Crippen MR) is 140 cm³/mol. The van der Waals surface area contributed by atoms with E-state index >= 15 is 0 Å². The number of aromatic amines is 1. The van der Waals surface area contributed by atoms with E-state index in [0.717, 1.165) is 29.0 Å². The van der Waals surface area contributed by atoms with Crippen LogP contribution in [0, 0.1) is 12.7 Å². The van der Waals surface area contributed by atoms with Gasteiger partial charge in [-0.15, -0.1) is 0 Å². The van der Waals surface area contributed by atoms with E-state index in [0.29, 0.717) is 49.0 Å². The maximum Gasteiger partial charge on any atom is 0.229 e. The molecule has 0 saturated carbocycles. The molecule has 36 heavy (non-hydrogen) atoms. The summed E-state index contributed by atoms with van der Waals surface area (Å²) < 4.78 is 39.9. The standard InChI is InChI=1S/C25H28FN7O2S/c1-17-14-20-21(28-17)6-7-22(24(20)26)30-23-8-9-27-25(31-23)29-19-5-3-4-18(15-19)16-32-10-12-33(13-11-32)36(2,34)35/h3-9,14-15,28H,10-13,16H2,1-2H3,(H2,27,29,30,31). The highest BCUT2D eigenvalue weighted by Crippen LogP contribution is 2.27. The molecule has 3 N–H and O–H groups in total. The molecule has 4 aromatic rings. The number of fused-ring (bicyclic) bond motifs is 1. The molecule has 5 rings (SSSR count). The quantitative estimate of drug-likeness (QED) is 0.346. The smallest absolute Gasteiger partial charge is 0.229 e. The first-order valence-corrected chi connectivity index (χ1v) is 13.5. The van der Waals surface area contributed by atoms with Gasteiger partial charge in [-0.25, -0.2) is 17.8 Å².